The van der Waals surface area contributed by atoms with Gasteiger partial charge in [-0.1, -0.05) is 30.0 Å². The molecule has 0 N–H and O–H groups in total. The number of rotatable bonds is 8. The Labute approximate surface area is 196 Å². The molecular weight excluding hydrogens is 443 g/mol. The van der Waals surface area contributed by atoms with Crippen LogP contribution in [-0.2, 0) is 16.1 Å². The number of carbonyl (C=O) groups excluding carboxylic acids is 1. The molecule has 0 bridgehead atoms. The quantitative estimate of drug-likeness (QED) is 0.472. The van der Waals surface area contributed by atoms with E-state index in [0.29, 0.717) is 29.4 Å². The minimum Gasteiger partial charge on any atom is -0.490 e. The van der Waals surface area contributed by atoms with Gasteiger partial charge in [0.2, 0.25) is 0 Å². The van der Waals surface area contributed by atoms with E-state index in [1.807, 2.05) is 48.6 Å². The second kappa shape index (κ2) is 10.1. The number of thioether (sulfide) groups is 1. The zero-order valence-corrected chi connectivity index (χ0v) is 19.5. The number of aliphatic imine (C=N–C) groups is 1. The van der Waals surface area contributed by atoms with Gasteiger partial charge in [0.05, 0.1) is 30.5 Å². The number of esters is 1. The highest BCUT2D eigenvalue weighted by molar-refractivity contribution is 8.16. The molecule has 2 aliphatic rings. The average Bonchev–Trinajstić information content (AvgIpc) is 3.25. The summed E-state index contributed by atoms with van der Waals surface area (Å²) in [6.45, 7) is 6.42. The van der Waals surface area contributed by atoms with E-state index in [-0.39, 0.29) is 19.0 Å². The van der Waals surface area contributed by atoms with Crippen LogP contribution in [0.2, 0.25) is 0 Å². The van der Waals surface area contributed by atoms with E-state index in [2.05, 4.69) is 4.99 Å². The van der Waals surface area contributed by atoms with Gasteiger partial charge in [-0.2, -0.15) is 0 Å². The third kappa shape index (κ3) is 4.90. The maximum absolute atomic E-state index is 13.5. The molecule has 0 saturated carbocycles. The van der Waals surface area contributed by atoms with Crippen LogP contribution in [0, 0.1) is 5.82 Å². The molecule has 0 unspecified atom stereocenters. The van der Waals surface area contributed by atoms with Gasteiger partial charge in [-0.15, -0.1) is 0 Å². The van der Waals surface area contributed by atoms with Gasteiger partial charge in [-0.25, -0.2) is 14.2 Å². The van der Waals surface area contributed by atoms with Crippen molar-refractivity contribution in [1.29, 1.82) is 0 Å². The normalized spacial score (nSPS) is 17.0. The molecule has 0 spiro atoms. The summed E-state index contributed by atoms with van der Waals surface area (Å²) in [5.41, 5.74) is 2.68. The van der Waals surface area contributed by atoms with E-state index in [4.69, 9.17) is 14.2 Å². The minimum atomic E-state index is -0.403. The molecule has 0 aromatic heterocycles. The molecule has 0 fully saturated rings. The first-order chi connectivity index (χ1) is 16.0. The van der Waals surface area contributed by atoms with E-state index < -0.39 is 12.0 Å². The number of carbonyl (C=O) groups is 1. The van der Waals surface area contributed by atoms with Gasteiger partial charge in [0.1, 0.15) is 12.4 Å². The predicted octanol–water partition coefficient (Wildman–Crippen LogP) is 5.57. The number of benzene rings is 2. The Morgan fingerprint density at radius 3 is 2.73 bits per heavy atom. The van der Waals surface area contributed by atoms with Gasteiger partial charge in [0.15, 0.2) is 16.7 Å². The fourth-order valence-electron chi connectivity index (χ4n) is 3.77. The molecule has 8 heteroatoms. The molecule has 33 heavy (non-hydrogen) atoms. The third-order valence-corrected chi connectivity index (χ3v) is 5.95. The summed E-state index contributed by atoms with van der Waals surface area (Å²) in [6.07, 6.45) is 1.91. The zero-order chi connectivity index (χ0) is 23.4. The second-order valence-electron chi connectivity index (χ2n) is 7.38. The van der Waals surface area contributed by atoms with Crippen LogP contribution < -0.4 is 9.47 Å². The molecule has 6 nitrogen and oxygen atoms in total. The van der Waals surface area contributed by atoms with Gasteiger partial charge in [-0.05, 0) is 61.6 Å². The largest absolute Gasteiger partial charge is 0.490 e. The Balaban J connectivity index is 1.68. The highest BCUT2D eigenvalue weighted by Gasteiger charge is 2.37. The van der Waals surface area contributed by atoms with Crippen LogP contribution in [0.25, 0.3) is 0 Å². The van der Waals surface area contributed by atoms with Crippen molar-refractivity contribution in [2.75, 3.05) is 13.2 Å². The lowest BCUT2D eigenvalue weighted by Gasteiger charge is -2.33. The average molecular weight is 469 g/mol. The van der Waals surface area contributed by atoms with Crippen LogP contribution in [0.5, 0.6) is 11.5 Å². The Kier molecular flexibility index (Phi) is 7.03. The van der Waals surface area contributed by atoms with Crippen molar-refractivity contribution in [2.24, 2.45) is 4.99 Å². The Bertz CT molecular complexity index is 1140. The Hall–Kier alpha value is -3.26. The number of nitrogens with zero attached hydrogens (tertiary/aromatic N) is 2. The molecule has 0 aliphatic carbocycles. The van der Waals surface area contributed by atoms with Crippen LogP contribution in [0.3, 0.4) is 0 Å². The first-order valence-electron chi connectivity index (χ1n) is 10.7. The van der Waals surface area contributed by atoms with Crippen LogP contribution in [0.15, 0.2) is 70.3 Å². The van der Waals surface area contributed by atoms with Crippen molar-refractivity contribution >= 4 is 22.9 Å². The smallest absolute Gasteiger partial charge is 0.338 e. The zero-order valence-electron chi connectivity index (χ0n) is 18.7. The molecule has 2 aromatic carbocycles. The topological polar surface area (TPSA) is 60.4 Å². The lowest BCUT2D eigenvalue weighted by molar-refractivity contribution is -0.139. The van der Waals surface area contributed by atoms with Crippen molar-refractivity contribution in [1.82, 2.24) is 4.90 Å². The van der Waals surface area contributed by atoms with Crippen LogP contribution in [-0.4, -0.2) is 29.3 Å². The van der Waals surface area contributed by atoms with Crippen molar-refractivity contribution in [3.63, 3.8) is 0 Å². The summed E-state index contributed by atoms with van der Waals surface area (Å²) in [5.74, 6) is 0.389. The summed E-state index contributed by atoms with van der Waals surface area (Å²) < 4.78 is 30.6. The predicted molar refractivity (Wildman–Crippen MR) is 126 cm³/mol. The highest BCUT2D eigenvalue weighted by Crippen LogP contribution is 2.43. The fourth-order valence-corrected chi connectivity index (χ4v) is 4.56. The van der Waals surface area contributed by atoms with Gasteiger partial charge in [-0.3, -0.25) is 0 Å². The first-order valence-corrected chi connectivity index (χ1v) is 11.6. The van der Waals surface area contributed by atoms with E-state index in [1.54, 1.807) is 19.1 Å². The van der Waals surface area contributed by atoms with Crippen LogP contribution in [0.1, 0.15) is 37.9 Å². The molecule has 2 aromatic rings. The number of allylic oxidation sites excluding steroid dienone is 1. The Morgan fingerprint density at radius 2 is 1.97 bits per heavy atom. The van der Waals surface area contributed by atoms with Crippen molar-refractivity contribution in [3.8, 4) is 11.5 Å². The number of amidine groups is 1. The van der Waals surface area contributed by atoms with Crippen LogP contribution >= 0.6 is 11.8 Å². The minimum absolute atomic E-state index is 0.204. The summed E-state index contributed by atoms with van der Waals surface area (Å²) in [4.78, 5) is 19.4. The van der Waals surface area contributed by atoms with Crippen LogP contribution in [0.4, 0.5) is 4.39 Å². The number of hydrogen-bond acceptors (Lipinski definition) is 7. The monoisotopic (exact) mass is 468 g/mol. The van der Waals surface area contributed by atoms with Crippen molar-refractivity contribution in [3.05, 3.63) is 82.3 Å². The Morgan fingerprint density at radius 1 is 1.12 bits per heavy atom. The van der Waals surface area contributed by atoms with E-state index in [1.165, 1.54) is 23.9 Å². The molecule has 1 atom stereocenters. The summed E-state index contributed by atoms with van der Waals surface area (Å²) in [5, 5.41) is 2.74. The lowest BCUT2D eigenvalue weighted by atomic mass is 9.94. The standard InChI is InChI=1S/C25H25FN2O4S/c1-4-30-21-14-18(9-10-20(21)32-15-17-7-6-8-19(26)13-17)23-22(24(29)31-5-2)16(3)27-25-28(23)11-12-33-25/h6-14,23H,4-5,15H2,1-3H3/t23-/m0/s1. The van der Waals surface area contributed by atoms with Gasteiger partial charge < -0.3 is 19.1 Å². The van der Waals surface area contributed by atoms with Crippen molar-refractivity contribution < 1.29 is 23.4 Å². The van der Waals surface area contributed by atoms with Crippen molar-refractivity contribution in [2.45, 2.75) is 33.4 Å². The van der Waals surface area contributed by atoms with E-state index in [9.17, 15) is 9.18 Å². The number of fused-ring (bicyclic) bond motifs is 1. The lowest BCUT2D eigenvalue weighted by Crippen LogP contribution is -2.34. The number of hydrogen-bond donors (Lipinski definition) is 0. The van der Waals surface area contributed by atoms with Gasteiger partial charge in [0.25, 0.3) is 0 Å². The first kappa shape index (κ1) is 22.9. The number of ether oxygens (including phenoxy) is 3. The summed E-state index contributed by atoms with van der Waals surface area (Å²) >= 11 is 1.50. The molecule has 0 saturated heterocycles. The van der Waals surface area contributed by atoms with Gasteiger partial charge >= 0.3 is 5.97 Å². The molecule has 172 valence electrons. The molecule has 0 radical (unpaired) electrons. The second-order valence-corrected chi connectivity index (χ2v) is 8.26. The highest BCUT2D eigenvalue weighted by atomic mass is 32.2. The number of halogens is 1. The van der Waals surface area contributed by atoms with E-state index in [0.717, 1.165) is 16.3 Å². The molecular formula is C25H25FN2O4S. The molecule has 4 rings (SSSR count). The summed E-state index contributed by atoms with van der Waals surface area (Å²) in [7, 11) is 0. The summed E-state index contributed by atoms with van der Waals surface area (Å²) in [6, 6.07) is 11.5. The van der Waals surface area contributed by atoms with E-state index >= 15 is 0 Å². The maximum Gasteiger partial charge on any atom is 0.338 e. The SMILES string of the molecule is CCOC(=O)C1=C(C)N=C2SC=CN2[C@H]1c1ccc(OCc2cccc(F)c2)c(OCC)c1. The van der Waals surface area contributed by atoms with Gasteiger partial charge in [0, 0.05) is 6.20 Å². The molecule has 2 heterocycles. The molecule has 0 amide bonds. The fraction of sp³-hybridized carbons (Fsp3) is 0.280. The third-order valence-electron chi connectivity index (χ3n) is 5.18. The molecule has 2 aliphatic heterocycles. The maximum atomic E-state index is 13.5.